The standard InChI is InChI=1S/C30H37NO7.C28H42N2O5.C23H34O4.C7H4ClNO4/c1-28-12-9-22(38-27(33)18-3-6-21(7-4-18)31(35)36)16-20(28)5-8-25-24(28)10-13-29(2)23(11-14-30(25,29)34)19-15-26(32)37-17-19;1-26-8-5-20(35-25(32)30-13-11-29-12-14-30)16-19(26)3-4-23-22(26)6-9-27(2)21(7-10-28(23,27)33)18-15-24(31)34-17-18;1-21-8-5-16(24)12-15(21)3-4-19-18(21)6-9-22(2)17(7-10-23(19,22)26)14-11-20(25)27-13-14;8-7(10)13-6-3-1-5(2-4-6)9(11)12/h3-4,6-7,15,20,22-25,34H,5,8-14,16-17H2,1-2H3;15,19-23,29,33H,3-14,16-17H2,1-2H3;11,15-19,24,26H,3-10,12-13H2,1-2H3;1-4H/t20-,22+,23-,24+,25-,28+,29-,30+;19-,20+,21-,22+,23-,26+,27-,28+;15-,16+,17-,18+,19-,21+,22-,23+;/m111./s1. The van der Waals surface area contributed by atoms with Crippen molar-refractivity contribution >= 4 is 58.4 Å². The number of carbonyl (C=O) groups excluding carboxylic acids is 6. The fourth-order valence-corrected chi connectivity index (χ4v) is 28.2. The van der Waals surface area contributed by atoms with E-state index in [9.17, 15) is 69.4 Å². The number of piperazine rings is 1. The van der Waals surface area contributed by atoms with Crippen molar-refractivity contribution in [2.24, 2.45) is 104 Å². The molecule has 2 aromatic carbocycles. The lowest BCUT2D eigenvalue weighted by atomic mass is 9.43. The molecular weight excluding hydrogens is 1470 g/mol. The summed E-state index contributed by atoms with van der Waals surface area (Å²) in [6, 6.07) is 10.6. The molecule has 4 heterocycles. The van der Waals surface area contributed by atoms with Crippen LogP contribution in [0.5, 0.6) is 5.75 Å². The number of cyclic esters (lactones) is 3. The Morgan fingerprint density at radius 2 is 0.850 bits per heavy atom. The molecular formula is C88H117ClN4O20. The van der Waals surface area contributed by atoms with Crippen LogP contribution in [0.1, 0.15) is 225 Å². The average molecular weight is 1590 g/mol. The Morgan fingerprint density at radius 3 is 1.22 bits per heavy atom. The number of benzene rings is 2. The molecule has 0 aromatic heterocycles. The van der Waals surface area contributed by atoms with E-state index in [-0.39, 0.29) is 116 Å². The van der Waals surface area contributed by atoms with Crippen molar-refractivity contribution in [1.82, 2.24) is 10.2 Å². The third-order valence-electron chi connectivity index (χ3n) is 34.3. The Balaban J connectivity index is 0.000000125. The molecule has 616 valence electrons. The van der Waals surface area contributed by atoms with E-state index in [0.29, 0.717) is 72.7 Å². The second kappa shape index (κ2) is 30.9. The first kappa shape index (κ1) is 81.3. The topological polar surface area (TPSA) is 340 Å². The van der Waals surface area contributed by atoms with Crippen LogP contribution in [0.25, 0.3) is 0 Å². The number of fused-ring (bicyclic) bond motifs is 15. The van der Waals surface area contributed by atoms with Crippen LogP contribution in [0, 0.1) is 124 Å². The van der Waals surface area contributed by atoms with E-state index in [1.165, 1.54) is 55.0 Å². The van der Waals surface area contributed by atoms with Gasteiger partial charge in [-0.05, 0) is 302 Å². The Bertz CT molecular complexity index is 4130. The Morgan fingerprint density at radius 1 is 0.478 bits per heavy atom. The van der Waals surface area contributed by atoms with Gasteiger partial charge in [0.1, 0.15) is 37.8 Å². The van der Waals surface area contributed by atoms with Gasteiger partial charge in [-0.25, -0.2) is 28.8 Å². The maximum absolute atomic E-state index is 12.8. The maximum Gasteiger partial charge on any atom is 0.410 e. The van der Waals surface area contributed by atoms with Gasteiger partial charge in [-0.3, -0.25) is 20.2 Å². The van der Waals surface area contributed by atoms with Crippen LogP contribution in [0.15, 0.2) is 83.5 Å². The minimum atomic E-state index is -0.978. The molecule has 0 unspecified atom stereocenters. The number of aliphatic hydroxyl groups excluding tert-OH is 1. The van der Waals surface area contributed by atoms with E-state index in [1.54, 1.807) is 18.2 Å². The van der Waals surface area contributed by atoms with Gasteiger partial charge < -0.3 is 59.1 Å². The lowest BCUT2D eigenvalue weighted by Gasteiger charge is -2.63. The zero-order chi connectivity index (χ0) is 80.2. The van der Waals surface area contributed by atoms with Crippen LogP contribution >= 0.6 is 11.6 Å². The second-order valence-electron chi connectivity index (χ2n) is 38.5. The molecule has 18 rings (SSSR count). The lowest BCUT2D eigenvalue weighted by Crippen LogP contribution is -2.62. The minimum Gasteiger partial charge on any atom is -0.459 e. The first-order valence-corrected chi connectivity index (χ1v) is 42.7. The van der Waals surface area contributed by atoms with Crippen LogP contribution in [0.2, 0.25) is 0 Å². The summed E-state index contributed by atoms with van der Waals surface area (Å²) in [5.74, 6) is 3.76. The van der Waals surface area contributed by atoms with Crippen LogP contribution in [-0.2, 0) is 38.1 Å². The summed E-state index contributed by atoms with van der Waals surface area (Å²) >= 11 is 4.92. The Labute approximate surface area is 667 Å². The number of nitrogens with one attached hydrogen (secondary N) is 1. The van der Waals surface area contributed by atoms with E-state index in [2.05, 4.69) is 51.6 Å². The molecule has 0 spiro atoms. The molecule has 24 nitrogen and oxygen atoms in total. The second-order valence-corrected chi connectivity index (χ2v) is 38.8. The van der Waals surface area contributed by atoms with E-state index in [0.717, 1.165) is 210 Å². The molecule has 113 heavy (non-hydrogen) atoms. The summed E-state index contributed by atoms with van der Waals surface area (Å²) in [4.78, 5) is 92.8. The molecule has 1 saturated heterocycles. The average Bonchev–Trinajstić information content (AvgIpc) is 1.64. The van der Waals surface area contributed by atoms with Crippen LogP contribution in [0.4, 0.5) is 21.0 Å². The molecule has 24 atom stereocenters. The molecule has 12 aliphatic carbocycles. The molecule has 25 heteroatoms. The van der Waals surface area contributed by atoms with Gasteiger partial charge in [-0.2, -0.15) is 0 Å². The first-order valence-electron chi connectivity index (χ1n) is 42.4. The summed E-state index contributed by atoms with van der Waals surface area (Å²) < 4.78 is 32.0. The number of rotatable bonds is 9. The predicted octanol–water partition coefficient (Wildman–Crippen LogP) is 15.0. The third-order valence-corrected chi connectivity index (χ3v) is 34.4. The van der Waals surface area contributed by atoms with E-state index in [1.807, 2.05) is 4.90 Å². The number of non-ortho nitro benzene ring substituents is 2. The van der Waals surface area contributed by atoms with Crippen LogP contribution < -0.4 is 10.1 Å². The number of aliphatic hydroxyl groups is 4. The number of nitro benzene ring substituents is 2. The van der Waals surface area contributed by atoms with Crippen LogP contribution in [-0.4, -0.2) is 152 Å². The SMILES string of the molecule is C[C@]12CC[C@H](O)C[C@H]1CC[C@@H]1[C@@H]2CC[C@]2(C)[C@@H](C3=CC(=O)OC3)CC[C@]12O.C[C@]12CC[C@H](OC(=O)N3CCNCC3)C[C@H]1CC[C@@H]1[C@@H]2CC[C@]2(C)[C@@H](C3=CC(=O)OC3)CC[C@]12O.C[C@]12CC[C@H](OC(=O)c3ccc([N+](=O)[O-])cc3)C[C@H]1CC[C@@H]1[C@@H]2CC[C@]2(C)[C@@H](C3=CC(=O)OC3)CC[C@]12O.O=C(Cl)Oc1ccc([N+](=O)[O-])cc1. The van der Waals surface area contributed by atoms with Crippen molar-refractivity contribution in [3.8, 4) is 5.75 Å². The van der Waals surface area contributed by atoms with Crippen molar-refractivity contribution < 1.29 is 87.5 Å². The van der Waals surface area contributed by atoms with E-state index in [4.69, 9.17) is 35.3 Å². The lowest BCUT2D eigenvalue weighted by molar-refractivity contribution is -0.385. The third kappa shape index (κ3) is 14.3. The summed E-state index contributed by atoms with van der Waals surface area (Å²) in [6.07, 6.45) is 31.1. The molecule has 5 N–H and O–H groups in total. The molecule has 16 aliphatic rings. The van der Waals surface area contributed by atoms with Gasteiger partial charge in [0.15, 0.2) is 0 Å². The quantitative estimate of drug-likeness (QED) is 0.0512. The predicted molar refractivity (Wildman–Crippen MR) is 415 cm³/mol. The van der Waals surface area contributed by atoms with Crippen molar-refractivity contribution in [3.05, 3.63) is 109 Å². The zero-order valence-electron chi connectivity index (χ0n) is 66.6. The number of hydrogen-bond acceptors (Lipinski definition) is 21. The highest BCUT2D eigenvalue weighted by molar-refractivity contribution is 6.61. The highest BCUT2D eigenvalue weighted by atomic mass is 35.5. The maximum atomic E-state index is 12.8. The molecule has 0 radical (unpaired) electrons. The van der Waals surface area contributed by atoms with Gasteiger partial charge in [-0.1, -0.05) is 41.5 Å². The highest BCUT2D eigenvalue weighted by Crippen LogP contribution is 2.74. The number of ether oxygens (including phenoxy) is 6. The van der Waals surface area contributed by atoms with Crippen molar-refractivity contribution in [2.75, 3.05) is 46.0 Å². The number of nitrogens with zero attached hydrogens (tertiary/aromatic N) is 3. The fraction of sp³-hybridized carbons (Fsp3) is 0.727. The molecule has 13 fully saturated rings. The number of carbonyl (C=O) groups is 6. The fourth-order valence-electron chi connectivity index (χ4n) is 28.1. The normalized spacial score (nSPS) is 42.8. The van der Waals surface area contributed by atoms with Gasteiger partial charge in [0.05, 0.1) is 38.3 Å². The summed E-state index contributed by atoms with van der Waals surface area (Å²) in [7, 11) is 0. The molecule has 4 aliphatic heterocycles. The zero-order valence-corrected chi connectivity index (χ0v) is 67.3. The van der Waals surface area contributed by atoms with Gasteiger partial charge in [0.25, 0.3) is 11.4 Å². The Kier molecular flexibility index (Phi) is 22.2. The minimum absolute atomic E-state index is 0.0201. The molecule has 1 amide bonds. The number of nitro groups is 2. The molecule has 2 aromatic rings. The molecule has 12 saturated carbocycles. The number of amides is 1. The first-order chi connectivity index (χ1) is 53.7. The Hall–Kier alpha value is -6.83. The van der Waals surface area contributed by atoms with Gasteiger partial charge in [-0.15, -0.1) is 0 Å². The smallest absolute Gasteiger partial charge is 0.410 e. The van der Waals surface area contributed by atoms with Crippen LogP contribution in [0.3, 0.4) is 0 Å². The van der Waals surface area contributed by atoms with Gasteiger partial charge >= 0.3 is 35.4 Å². The van der Waals surface area contributed by atoms with Gasteiger partial charge in [0, 0.05) is 96.5 Å². The molecule has 0 bridgehead atoms. The summed E-state index contributed by atoms with van der Waals surface area (Å²) in [6.45, 7) is 18.4. The van der Waals surface area contributed by atoms with Crippen molar-refractivity contribution in [1.29, 1.82) is 0 Å². The largest absolute Gasteiger partial charge is 0.459 e. The number of halogens is 1. The highest BCUT2D eigenvalue weighted by Gasteiger charge is 2.72. The van der Waals surface area contributed by atoms with E-state index >= 15 is 0 Å². The van der Waals surface area contributed by atoms with Crippen molar-refractivity contribution in [2.45, 2.75) is 250 Å². The van der Waals surface area contributed by atoms with E-state index < -0.39 is 38.0 Å². The number of hydrogen-bond donors (Lipinski definition) is 5. The summed E-state index contributed by atoms with van der Waals surface area (Å²) in [5, 5.41) is 71.4. The van der Waals surface area contributed by atoms with Crippen molar-refractivity contribution in [3.63, 3.8) is 0 Å². The summed E-state index contributed by atoms with van der Waals surface area (Å²) in [5.41, 5.74) is 0.442. The van der Waals surface area contributed by atoms with Gasteiger partial charge in [0.2, 0.25) is 0 Å². The monoisotopic (exact) mass is 1580 g/mol. The number of esters is 4.